The number of hydrogen-bond donors (Lipinski definition) is 1. The molecule has 0 bridgehead atoms. The fourth-order valence-electron chi connectivity index (χ4n) is 3.33. The highest BCUT2D eigenvalue weighted by molar-refractivity contribution is 6.35. The topological polar surface area (TPSA) is 66.5 Å². The van der Waals surface area contributed by atoms with Crippen molar-refractivity contribution in [2.24, 2.45) is 4.99 Å². The van der Waals surface area contributed by atoms with E-state index in [-0.39, 0.29) is 18.7 Å². The fraction of sp³-hybridized carbons (Fsp3) is 0.250. The zero-order valence-corrected chi connectivity index (χ0v) is 16.6. The largest absolute Gasteiger partial charge is 0.416 e. The molecule has 0 saturated heterocycles. The molecule has 0 spiro atoms. The maximum Gasteiger partial charge on any atom is 0.416 e. The number of hydrogen-bond acceptors (Lipinski definition) is 5. The van der Waals surface area contributed by atoms with Crippen LogP contribution in [0.2, 0.25) is 5.02 Å². The second-order valence-corrected chi connectivity index (χ2v) is 7.13. The highest BCUT2D eigenvalue weighted by Crippen LogP contribution is 2.35. The first kappa shape index (κ1) is 20.5. The first-order valence-electron chi connectivity index (χ1n) is 9.18. The van der Waals surface area contributed by atoms with E-state index in [4.69, 9.17) is 11.6 Å². The SMILES string of the molecule is CCN(O)Cc1nnc2n1-c1ccc(C(F)(F)F)cc1C(c1ccccc1Cl)=NC2. The van der Waals surface area contributed by atoms with Crippen LogP contribution in [0.5, 0.6) is 0 Å². The molecule has 0 aliphatic carbocycles. The molecule has 2 heterocycles. The Hall–Kier alpha value is -2.75. The molecule has 3 aromatic rings. The lowest BCUT2D eigenvalue weighted by Gasteiger charge is -2.18. The van der Waals surface area contributed by atoms with E-state index in [0.717, 1.165) is 17.2 Å². The van der Waals surface area contributed by atoms with Crippen LogP contribution in [-0.2, 0) is 19.3 Å². The van der Waals surface area contributed by atoms with Gasteiger partial charge in [0.1, 0.15) is 6.54 Å². The first-order chi connectivity index (χ1) is 14.3. The lowest BCUT2D eigenvalue weighted by atomic mass is 9.98. The van der Waals surface area contributed by atoms with Crippen LogP contribution in [0.15, 0.2) is 47.5 Å². The summed E-state index contributed by atoms with van der Waals surface area (Å²) in [5, 5.41) is 19.6. The molecule has 4 rings (SSSR count). The first-order valence-corrected chi connectivity index (χ1v) is 9.55. The second-order valence-electron chi connectivity index (χ2n) is 6.72. The predicted octanol–water partition coefficient (Wildman–Crippen LogP) is 4.50. The van der Waals surface area contributed by atoms with Crippen LogP contribution in [-0.4, -0.2) is 37.3 Å². The molecular weight excluding hydrogens is 419 g/mol. The van der Waals surface area contributed by atoms with E-state index in [1.165, 1.54) is 6.07 Å². The molecule has 1 aromatic heterocycles. The van der Waals surface area contributed by atoms with Crippen LogP contribution in [0.4, 0.5) is 13.2 Å². The van der Waals surface area contributed by atoms with Gasteiger partial charge < -0.3 is 5.21 Å². The average Bonchev–Trinajstić information content (AvgIpc) is 3.02. The van der Waals surface area contributed by atoms with Crippen molar-refractivity contribution in [3.8, 4) is 5.69 Å². The van der Waals surface area contributed by atoms with Crippen LogP contribution in [0.3, 0.4) is 0 Å². The number of fused-ring (bicyclic) bond motifs is 3. The summed E-state index contributed by atoms with van der Waals surface area (Å²) in [6, 6.07) is 10.3. The van der Waals surface area contributed by atoms with Crippen LogP contribution in [0.25, 0.3) is 5.69 Å². The van der Waals surface area contributed by atoms with Gasteiger partial charge in [0.15, 0.2) is 11.6 Å². The zero-order chi connectivity index (χ0) is 21.5. The molecule has 0 fully saturated rings. The molecule has 1 aliphatic rings. The van der Waals surface area contributed by atoms with Crippen LogP contribution < -0.4 is 0 Å². The van der Waals surface area contributed by atoms with Gasteiger partial charge in [0.25, 0.3) is 0 Å². The molecule has 2 aromatic carbocycles. The van der Waals surface area contributed by atoms with Crippen molar-refractivity contribution in [2.75, 3.05) is 6.54 Å². The minimum Gasteiger partial charge on any atom is -0.314 e. The fourth-order valence-corrected chi connectivity index (χ4v) is 3.55. The summed E-state index contributed by atoms with van der Waals surface area (Å²) in [7, 11) is 0. The Morgan fingerprint density at radius 2 is 1.90 bits per heavy atom. The molecular formula is C20H17ClF3N5O. The third-order valence-corrected chi connectivity index (χ3v) is 5.14. The molecule has 156 valence electrons. The van der Waals surface area contributed by atoms with Crippen LogP contribution in [0, 0.1) is 0 Å². The number of aliphatic imine (C=N–C) groups is 1. The molecule has 0 saturated carbocycles. The summed E-state index contributed by atoms with van der Waals surface area (Å²) in [5.41, 5.74) is 0.778. The van der Waals surface area contributed by atoms with Gasteiger partial charge >= 0.3 is 6.18 Å². The quantitative estimate of drug-likeness (QED) is 0.613. The van der Waals surface area contributed by atoms with E-state index < -0.39 is 11.7 Å². The second kappa shape index (κ2) is 7.82. The van der Waals surface area contributed by atoms with Gasteiger partial charge in [0, 0.05) is 22.7 Å². The van der Waals surface area contributed by atoms with E-state index in [1.54, 1.807) is 35.8 Å². The molecule has 6 nitrogen and oxygen atoms in total. The maximum atomic E-state index is 13.5. The minimum atomic E-state index is -4.52. The molecule has 0 atom stereocenters. The summed E-state index contributed by atoms with van der Waals surface area (Å²) < 4.78 is 42.0. The molecule has 0 amide bonds. The lowest BCUT2D eigenvalue weighted by molar-refractivity contribution is -0.137. The smallest absolute Gasteiger partial charge is 0.314 e. The lowest BCUT2D eigenvalue weighted by Crippen LogP contribution is -2.21. The van der Waals surface area contributed by atoms with Crippen molar-refractivity contribution in [1.82, 2.24) is 19.8 Å². The normalized spacial score (nSPS) is 13.6. The maximum absolute atomic E-state index is 13.5. The molecule has 10 heteroatoms. The standard InChI is InChI=1S/C20H17ClF3N5O/c1-2-28(30)11-18-27-26-17-10-25-19(13-5-3-4-6-15(13)21)14-9-12(20(22,23)24)7-8-16(14)29(17)18/h3-9,30H,2,10-11H2,1H3. The Balaban J connectivity index is 1.96. The summed E-state index contributed by atoms with van der Waals surface area (Å²) in [6.45, 7) is 2.28. The monoisotopic (exact) mass is 435 g/mol. The van der Waals surface area contributed by atoms with Gasteiger partial charge in [0.05, 0.1) is 23.5 Å². The molecule has 1 aliphatic heterocycles. The number of benzene rings is 2. The number of hydroxylamine groups is 2. The zero-order valence-electron chi connectivity index (χ0n) is 15.9. The Morgan fingerprint density at radius 3 is 2.60 bits per heavy atom. The van der Waals surface area contributed by atoms with E-state index in [0.29, 0.717) is 40.2 Å². The van der Waals surface area contributed by atoms with E-state index in [9.17, 15) is 18.4 Å². The number of halogens is 4. The van der Waals surface area contributed by atoms with Gasteiger partial charge in [-0.15, -0.1) is 10.2 Å². The highest BCUT2D eigenvalue weighted by atomic mass is 35.5. The summed E-state index contributed by atoms with van der Waals surface area (Å²) in [5.74, 6) is 0.850. The van der Waals surface area contributed by atoms with Gasteiger partial charge in [-0.1, -0.05) is 36.7 Å². The van der Waals surface area contributed by atoms with Gasteiger partial charge in [-0.05, 0) is 24.3 Å². The molecule has 1 N–H and O–H groups in total. The average molecular weight is 436 g/mol. The third kappa shape index (κ3) is 3.71. The van der Waals surface area contributed by atoms with Crippen LogP contribution >= 0.6 is 11.6 Å². The van der Waals surface area contributed by atoms with Crippen molar-refractivity contribution in [2.45, 2.75) is 26.2 Å². The Labute approximate surface area is 175 Å². The third-order valence-electron chi connectivity index (χ3n) is 4.81. The van der Waals surface area contributed by atoms with Gasteiger partial charge in [-0.2, -0.15) is 18.2 Å². The summed E-state index contributed by atoms with van der Waals surface area (Å²) >= 11 is 6.33. The van der Waals surface area contributed by atoms with E-state index in [2.05, 4.69) is 15.2 Å². The van der Waals surface area contributed by atoms with Crippen molar-refractivity contribution in [3.63, 3.8) is 0 Å². The number of rotatable bonds is 4. The van der Waals surface area contributed by atoms with Crippen LogP contribution in [0.1, 0.15) is 35.3 Å². The highest BCUT2D eigenvalue weighted by Gasteiger charge is 2.33. The van der Waals surface area contributed by atoms with Gasteiger partial charge in [0.2, 0.25) is 0 Å². The number of aromatic nitrogens is 3. The number of alkyl halides is 3. The minimum absolute atomic E-state index is 0.0609. The van der Waals surface area contributed by atoms with Crippen molar-refractivity contribution in [3.05, 3.63) is 75.8 Å². The summed E-state index contributed by atoms with van der Waals surface area (Å²) in [6.07, 6.45) is -4.52. The predicted molar refractivity (Wildman–Crippen MR) is 105 cm³/mol. The van der Waals surface area contributed by atoms with Crippen molar-refractivity contribution in [1.29, 1.82) is 0 Å². The molecule has 0 unspecified atom stereocenters. The number of nitrogens with zero attached hydrogens (tertiary/aromatic N) is 5. The molecule has 30 heavy (non-hydrogen) atoms. The van der Waals surface area contributed by atoms with Gasteiger partial charge in [-0.25, -0.2) is 0 Å². The van der Waals surface area contributed by atoms with Crippen molar-refractivity contribution >= 4 is 17.3 Å². The Morgan fingerprint density at radius 1 is 1.13 bits per heavy atom. The Kier molecular flexibility index (Phi) is 5.35. The Bertz CT molecular complexity index is 1130. The summed E-state index contributed by atoms with van der Waals surface area (Å²) in [4.78, 5) is 4.54. The van der Waals surface area contributed by atoms with Crippen molar-refractivity contribution < 1.29 is 18.4 Å². The van der Waals surface area contributed by atoms with E-state index in [1.807, 2.05) is 0 Å². The van der Waals surface area contributed by atoms with E-state index >= 15 is 0 Å². The molecule has 0 radical (unpaired) electrons. The van der Waals surface area contributed by atoms with Gasteiger partial charge in [-0.3, -0.25) is 9.56 Å².